The van der Waals surface area contributed by atoms with Gasteiger partial charge in [0.2, 0.25) is 0 Å². The fourth-order valence-electron chi connectivity index (χ4n) is 7.96. The Labute approximate surface area is 213 Å². The molecule has 1 saturated heterocycles. The van der Waals surface area contributed by atoms with Gasteiger partial charge in [0, 0.05) is 18.0 Å². The van der Waals surface area contributed by atoms with Crippen LogP contribution in [0, 0.1) is 5.92 Å². The lowest BCUT2D eigenvalue weighted by Crippen LogP contribution is -2.46. The maximum absolute atomic E-state index is 4.23. The molecule has 1 heterocycles. The summed E-state index contributed by atoms with van der Waals surface area (Å²) in [6, 6.07) is 17.8. The van der Waals surface area contributed by atoms with Crippen LogP contribution >= 0.6 is 0 Å². The molecular formula is C34H45N. The molecular weight excluding hydrogens is 422 g/mol. The molecule has 1 heteroatoms. The predicted molar refractivity (Wildman–Crippen MR) is 149 cm³/mol. The van der Waals surface area contributed by atoms with Crippen molar-refractivity contribution in [1.82, 2.24) is 5.32 Å². The van der Waals surface area contributed by atoms with Gasteiger partial charge in [-0.1, -0.05) is 86.6 Å². The highest BCUT2D eigenvalue weighted by molar-refractivity contribution is 5.79. The normalized spacial score (nSPS) is 27.4. The second kappa shape index (κ2) is 10.6. The number of allylic oxidation sites excluding steroid dienone is 1. The predicted octanol–water partition coefficient (Wildman–Crippen LogP) is 8.55. The Kier molecular flexibility index (Phi) is 7.15. The second-order valence-corrected chi connectivity index (χ2v) is 12.2. The average molecular weight is 468 g/mol. The van der Waals surface area contributed by atoms with E-state index in [9.17, 15) is 0 Å². The van der Waals surface area contributed by atoms with Crippen molar-refractivity contribution in [2.24, 2.45) is 5.92 Å². The summed E-state index contributed by atoms with van der Waals surface area (Å²) in [7, 11) is 0. The number of rotatable bonds is 5. The standard InChI is InChI=1S/C34H45N/c1-24-30(20-25-12-6-5-7-13-25)32-21-27-16-10-17-28(27)22-33(32)31(24)23-29-18-11-19-34(35-29)26-14-8-3-2-4-9-15-26/h5-7,12-13,21-22,26,29-30,34-35H,2-4,8-11,14-20,23H2,1H3. The number of hydrogen-bond donors (Lipinski definition) is 1. The summed E-state index contributed by atoms with van der Waals surface area (Å²) < 4.78 is 0. The number of fused-ring (bicyclic) bond motifs is 2. The smallest absolute Gasteiger partial charge is 0.0110 e. The first-order chi connectivity index (χ1) is 17.3. The van der Waals surface area contributed by atoms with E-state index in [1.165, 1.54) is 95.5 Å². The highest BCUT2D eigenvalue weighted by Gasteiger charge is 2.34. The number of piperidine rings is 1. The Balaban J connectivity index is 1.24. The minimum Gasteiger partial charge on any atom is -0.311 e. The minimum atomic E-state index is 0.554. The van der Waals surface area contributed by atoms with Crippen LogP contribution < -0.4 is 5.32 Å². The zero-order valence-electron chi connectivity index (χ0n) is 22.0. The van der Waals surface area contributed by atoms with E-state index in [2.05, 4.69) is 54.7 Å². The molecule has 0 aromatic heterocycles. The molecule has 1 N–H and O–H groups in total. The molecule has 3 unspecified atom stereocenters. The van der Waals surface area contributed by atoms with E-state index in [-0.39, 0.29) is 0 Å². The SMILES string of the molecule is CC1=C(CC2CCCC(C3CCCCCCC3)N2)c2cc3c(cc2C1Cc1ccccc1)CCC3. The molecule has 0 amide bonds. The number of aryl methyl sites for hydroxylation is 2. The Hall–Kier alpha value is -1.86. The fraction of sp³-hybridized carbons (Fsp3) is 0.588. The van der Waals surface area contributed by atoms with E-state index >= 15 is 0 Å². The summed E-state index contributed by atoms with van der Waals surface area (Å²) in [5, 5.41) is 4.23. The summed E-state index contributed by atoms with van der Waals surface area (Å²) in [5.74, 6) is 1.47. The van der Waals surface area contributed by atoms with Gasteiger partial charge < -0.3 is 5.32 Å². The molecule has 1 nitrogen and oxygen atoms in total. The van der Waals surface area contributed by atoms with Crippen LogP contribution in [0.25, 0.3) is 5.57 Å². The molecule has 3 atom stereocenters. The van der Waals surface area contributed by atoms with Crippen molar-refractivity contribution in [3.8, 4) is 0 Å². The van der Waals surface area contributed by atoms with Crippen LogP contribution in [-0.4, -0.2) is 12.1 Å². The van der Waals surface area contributed by atoms with Gasteiger partial charge in [0.25, 0.3) is 0 Å². The summed E-state index contributed by atoms with van der Waals surface area (Å²) >= 11 is 0. The van der Waals surface area contributed by atoms with Gasteiger partial charge >= 0.3 is 0 Å². The van der Waals surface area contributed by atoms with Crippen LogP contribution in [0.3, 0.4) is 0 Å². The van der Waals surface area contributed by atoms with Crippen molar-refractivity contribution in [2.75, 3.05) is 0 Å². The van der Waals surface area contributed by atoms with Crippen molar-refractivity contribution in [3.63, 3.8) is 0 Å². The largest absolute Gasteiger partial charge is 0.311 e. The van der Waals surface area contributed by atoms with Gasteiger partial charge in [-0.15, -0.1) is 0 Å². The third-order valence-electron chi connectivity index (χ3n) is 9.93. The summed E-state index contributed by atoms with van der Waals surface area (Å²) in [6.45, 7) is 2.46. The summed E-state index contributed by atoms with van der Waals surface area (Å²) in [6.07, 6.45) is 20.7. The third-order valence-corrected chi connectivity index (χ3v) is 9.93. The first kappa shape index (κ1) is 23.5. The molecule has 0 spiro atoms. The van der Waals surface area contributed by atoms with E-state index in [0.29, 0.717) is 12.0 Å². The van der Waals surface area contributed by atoms with Crippen LogP contribution in [0.5, 0.6) is 0 Å². The maximum Gasteiger partial charge on any atom is 0.0110 e. The van der Waals surface area contributed by atoms with Crippen molar-refractivity contribution in [3.05, 3.63) is 75.9 Å². The zero-order chi connectivity index (χ0) is 23.6. The maximum atomic E-state index is 4.23. The molecule has 3 aliphatic carbocycles. The van der Waals surface area contributed by atoms with E-state index in [1.54, 1.807) is 33.4 Å². The Morgan fingerprint density at radius 1 is 0.743 bits per heavy atom. The van der Waals surface area contributed by atoms with Crippen molar-refractivity contribution >= 4 is 5.57 Å². The Morgan fingerprint density at radius 3 is 2.29 bits per heavy atom. The molecule has 2 aromatic carbocycles. The van der Waals surface area contributed by atoms with Gasteiger partial charge in [0.1, 0.15) is 0 Å². The Morgan fingerprint density at radius 2 is 1.49 bits per heavy atom. The first-order valence-corrected chi connectivity index (χ1v) is 14.9. The van der Waals surface area contributed by atoms with Crippen molar-refractivity contribution in [1.29, 1.82) is 0 Å². The molecule has 1 saturated carbocycles. The topological polar surface area (TPSA) is 12.0 Å². The molecule has 6 rings (SSSR count). The molecule has 1 aliphatic heterocycles. The monoisotopic (exact) mass is 467 g/mol. The quantitative estimate of drug-likeness (QED) is 0.464. The summed E-state index contributed by atoms with van der Waals surface area (Å²) in [5.41, 5.74) is 11.3. The molecule has 186 valence electrons. The minimum absolute atomic E-state index is 0.554. The lowest BCUT2D eigenvalue weighted by Gasteiger charge is -2.37. The molecule has 2 fully saturated rings. The average Bonchev–Trinajstić information content (AvgIpc) is 3.41. The van der Waals surface area contributed by atoms with Gasteiger partial charge in [-0.3, -0.25) is 0 Å². The third kappa shape index (κ3) is 5.04. The van der Waals surface area contributed by atoms with Crippen LogP contribution in [-0.2, 0) is 19.3 Å². The second-order valence-electron chi connectivity index (χ2n) is 12.2. The van der Waals surface area contributed by atoms with Crippen LogP contribution in [0.2, 0.25) is 0 Å². The molecule has 2 aromatic rings. The zero-order valence-corrected chi connectivity index (χ0v) is 22.0. The molecule has 4 aliphatic rings. The van der Waals surface area contributed by atoms with Gasteiger partial charge in [0.05, 0.1) is 0 Å². The van der Waals surface area contributed by atoms with Gasteiger partial charge in [0.15, 0.2) is 0 Å². The molecule has 0 bridgehead atoms. The van der Waals surface area contributed by atoms with Gasteiger partial charge in [-0.05, 0) is 104 Å². The number of hydrogen-bond acceptors (Lipinski definition) is 1. The van der Waals surface area contributed by atoms with Crippen LogP contribution in [0.15, 0.2) is 48.0 Å². The number of nitrogens with one attached hydrogen (secondary N) is 1. The van der Waals surface area contributed by atoms with E-state index in [4.69, 9.17) is 0 Å². The summed E-state index contributed by atoms with van der Waals surface area (Å²) in [4.78, 5) is 0. The highest BCUT2D eigenvalue weighted by Crippen LogP contribution is 2.47. The van der Waals surface area contributed by atoms with Gasteiger partial charge in [-0.25, -0.2) is 0 Å². The lowest BCUT2D eigenvalue weighted by atomic mass is 9.80. The van der Waals surface area contributed by atoms with Crippen molar-refractivity contribution in [2.45, 2.75) is 121 Å². The number of benzene rings is 2. The Bertz CT molecular complexity index is 1040. The highest BCUT2D eigenvalue weighted by atomic mass is 15.0. The first-order valence-electron chi connectivity index (χ1n) is 14.9. The molecule has 0 radical (unpaired) electrons. The lowest BCUT2D eigenvalue weighted by molar-refractivity contribution is 0.216. The van der Waals surface area contributed by atoms with E-state index in [1.807, 2.05) is 0 Å². The van der Waals surface area contributed by atoms with E-state index < -0.39 is 0 Å². The fourth-order valence-corrected chi connectivity index (χ4v) is 7.96. The van der Waals surface area contributed by atoms with Crippen molar-refractivity contribution < 1.29 is 0 Å². The van der Waals surface area contributed by atoms with Crippen LogP contribution in [0.1, 0.15) is 118 Å². The van der Waals surface area contributed by atoms with Gasteiger partial charge in [-0.2, -0.15) is 0 Å². The van der Waals surface area contributed by atoms with Crippen LogP contribution in [0.4, 0.5) is 0 Å². The van der Waals surface area contributed by atoms with E-state index in [0.717, 1.165) is 18.4 Å². The molecule has 35 heavy (non-hydrogen) atoms.